The molecule has 2 fully saturated rings. The van der Waals surface area contributed by atoms with E-state index >= 15 is 0 Å². The molecule has 21 heavy (non-hydrogen) atoms. The summed E-state index contributed by atoms with van der Waals surface area (Å²) in [4.78, 5) is 25.0. The molecule has 1 saturated carbocycles. The zero-order valence-electron chi connectivity index (χ0n) is 13.1. The van der Waals surface area contributed by atoms with Gasteiger partial charge in [0.15, 0.2) is 0 Å². The number of likely N-dealkylation sites (tertiary alicyclic amines) is 1. The van der Waals surface area contributed by atoms with Crippen LogP contribution in [0.5, 0.6) is 0 Å². The van der Waals surface area contributed by atoms with Crippen LogP contribution < -0.4 is 5.32 Å². The normalized spacial score (nSPS) is 28.0. The van der Waals surface area contributed by atoms with Gasteiger partial charge in [0.1, 0.15) is 0 Å². The molecule has 5 nitrogen and oxygen atoms in total. The van der Waals surface area contributed by atoms with E-state index < -0.39 is 11.4 Å². The molecule has 1 aliphatic heterocycles. The number of aliphatic carboxylic acids is 1. The lowest BCUT2D eigenvalue weighted by molar-refractivity contribution is -0.146. The maximum absolute atomic E-state index is 12.2. The number of urea groups is 1. The Balaban J connectivity index is 1.75. The number of nitrogens with one attached hydrogen (secondary N) is 1. The molecule has 0 bridgehead atoms. The van der Waals surface area contributed by atoms with Crippen molar-refractivity contribution in [2.75, 3.05) is 19.6 Å². The highest BCUT2D eigenvalue weighted by atomic mass is 16.4. The van der Waals surface area contributed by atoms with E-state index in [2.05, 4.69) is 5.32 Å². The third kappa shape index (κ3) is 4.35. The summed E-state index contributed by atoms with van der Waals surface area (Å²) >= 11 is 0. The highest BCUT2D eigenvalue weighted by Crippen LogP contribution is 2.30. The number of hydrogen-bond donors (Lipinski definition) is 2. The van der Waals surface area contributed by atoms with Crippen molar-refractivity contribution in [2.24, 2.45) is 11.3 Å². The van der Waals surface area contributed by atoms with Crippen molar-refractivity contribution in [2.45, 2.75) is 58.3 Å². The van der Waals surface area contributed by atoms with Gasteiger partial charge in [-0.25, -0.2) is 4.79 Å². The molecule has 5 heteroatoms. The van der Waals surface area contributed by atoms with Gasteiger partial charge in [-0.3, -0.25) is 4.79 Å². The molecule has 0 spiro atoms. The molecular formula is C16H28N2O3. The lowest BCUT2D eigenvalue weighted by atomic mass is 9.90. The quantitative estimate of drug-likeness (QED) is 0.841. The Labute approximate surface area is 127 Å². The summed E-state index contributed by atoms with van der Waals surface area (Å²) in [7, 11) is 0. The highest BCUT2D eigenvalue weighted by Gasteiger charge is 2.42. The smallest absolute Gasteiger partial charge is 0.317 e. The van der Waals surface area contributed by atoms with Crippen LogP contribution in [-0.4, -0.2) is 41.6 Å². The summed E-state index contributed by atoms with van der Waals surface area (Å²) in [6.45, 7) is 3.31. The van der Waals surface area contributed by atoms with E-state index in [1.807, 2.05) is 0 Å². The molecule has 2 amide bonds. The minimum absolute atomic E-state index is 0.0953. The lowest BCUT2D eigenvalue weighted by Crippen LogP contribution is -2.42. The molecule has 1 atom stereocenters. The summed E-state index contributed by atoms with van der Waals surface area (Å²) in [6, 6.07) is -0.0953. The van der Waals surface area contributed by atoms with E-state index in [0.29, 0.717) is 25.4 Å². The first-order valence-electron chi connectivity index (χ1n) is 8.27. The lowest BCUT2D eigenvalue weighted by Gasteiger charge is -2.23. The number of carboxylic acid groups (broad SMARTS) is 1. The van der Waals surface area contributed by atoms with Crippen molar-refractivity contribution < 1.29 is 14.7 Å². The zero-order chi connectivity index (χ0) is 15.3. The fraction of sp³-hybridized carbons (Fsp3) is 0.875. The van der Waals surface area contributed by atoms with Crippen molar-refractivity contribution in [3.8, 4) is 0 Å². The van der Waals surface area contributed by atoms with Crippen LogP contribution in [0.2, 0.25) is 0 Å². The highest BCUT2D eigenvalue weighted by molar-refractivity contribution is 5.79. The molecule has 2 N–H and O–H groups in total. The number of carboxylic acids is 1. The van der Waals surface area contributed by atoms with Crippen LogP contribution in [0.25, 0.3) is 0 Å². The predicted molar refractivity (Wildman–Crippen MR) is 81.1 cm³/mol. The van der Waals surface area contributed by atoms with Crippen molar-refractivity contribution in [3.05, 3.63) is 0 Å². The van der Waals surface area contributed by atoms with Crippen LogP contribution in [0.1, 0.15) is 58.3 Å². The second-order valence-electron chi connectivity index (χ2n) is 6.93. The second-order valence-corrected chi connectivity index (χ2v) is 6.93. The first-order valence-corrected chi connectivity index (χ1v) is 8.27. The van der Waals surface area contributed by atoms with E-state index in [4.69, 9.17) is 0 Å². The molecule has 1 aliphatic carbocycles. The molecular weight excluding hydrogens is 268 g/mol. The van der Waals surface area contributed by atoms with E-state index in [0.717, 1.165) is 6.54 Å². The zero-order valence-corrected chi connectivity index (χ0v) is 13.1. The monoisotopic (exact) mass is 296 g/mol. The Bertz CT molecular complexity index is 378. The summed E-state index contributed by atoms with van der Waals surface area (Å²) in [5.74, 6) is -0.222. The van der Waals surface area contributed by atoms with E-state index in [1.165, 1.54) is 44.9 Å². The average Bonchev–Trinajstić information content (AvgIpc) is 2.81. The number of carbonyl (C=O) groups excluding carboxylic acids is 1. The van der Waals surface area contributed by atoms with Crippen molar-refractivity contribution in [1.29, 1.82) is 0 Å². The minimum atomic E-state index is -0.808. The third-order valence-corrected chi connectivity index (χ3v) is 5.04. The number of hydrogen-bond acceptors (Lipinski definition) is 2. The Morgan fingerprint density at radius 3 is 2.38 bits per heavy atom. The molecule has 0 aromatic heterocycles. The van der Waals surface area contributed by atoms with Crippen LogP contribution in [0, 0.1) is 11.3 Å². The Morgan fingerprint density at radius 1 is 1.19 bits per heavy atom. The van der Waals surface area contributed by atoms with Crippen LogP contribution in [0.3, 0.4) is 0 Å². The van der Waals surface area contributed by atoms with Gasteiger partial charge < -0.3 is 15.3 Å². The van der Waals surface area contributed by atoms with Gasteiger partial charge in [-0.2, -0.15) is 0 Å². The van der Waals surface area contributed by atoms with Gasteiger partial charge in [0.25, 0.3) is 0 Å². The number of amides is 2. The van der Waals surface area contributed by atoms with E-state index in [-0.39, 0.29) is 6.03 Å². The van der Waals surface area contributed by atoms with Gasteiger partial charge in [-0.05, 0) is 32.1 Å². The molecule has 1 saturated heterocycles. The fourth-order valence-electron chi connectivity index (χ4n) is 3.40. The number of nitrogens with zero attached hydrogens (tertiary/aromatic N) is 1. The average molecular weight is 296 g/mol. The van der Waals surface area contributed by atoms with Crippen LogP contribution in [0.15, 0.2) is 0 Å². The summed E-state index contributed by atoms with van der Waals surface area (Å²) in [6.07, 6.45) is 9.45. The van der Waals surface area contributed by atoms with Gasteiger partial charge in [0.2, 0.25) is 0 Å². The number of rotatable bonds is 3. The molecule has 1 heterocycles. The maximum atomic E-state index is 12.2. The molecule has 0 radical (unpaired) electrons. The van der Waals surface area contributed by atoms with E-state index in [9.17, 15) is 14.7 Å². The fourth-order valence-corrected chi connectivity index (χ4v) is 3.40. The van der Waals surface area contributed by atoms with Crippen LogP contribution >= 0.6 is 0 Å². The molecule has 2 rings (SSSR count). The van der Waals surface area contributed by atoms with E-state index in [1.54, 1.807) is 11.8 Å². The van der Waals surface area contributed by atoms with Crippen molar-refractivity contribution in [1.82, 2.24) is 10.2 Å². The summed E-state index contributed by atoms with van der Waals surface area (Å²) < 4.78 is 0. The molecule has 0 aromatic rings. The SMILES string of the molecule is CC1(C(=O)O)CCN(C(=O)NCC2CCCCCCC2)C1. The summed E-state index contributed by atoms with van der Waals surface area (Å²) in [5.41, 5.74) is -0.780. The third-order valence-electron chi connectivity index (χ3n) is 5.04. The maximum Gasteiger partial charge on any atom is 0.317 e. The second kappa shape index (κ2) is 7.14. The minimum Gasteiger partial charge on any atom is -0.481 e. The molecule has 120 valence electrons. The Kier molecular flexibility index (Phi) is 5.48. The Hall–Kier alpha value is -1.26. The first kappa shape index (κ1) is 16.1. The van der Waals surface area contributed by atoms with Crippen LogP contribution in [-0.2, 0) is 4.79 Å². The van der Waals surface area contributed by atoms with Gasteiger partial charge in [0, 0.05) is 19.6 Å². The topological polar surface area (TPSA) is 69.6 Å². The van der Waals surface area contributed by atoms with Crippen molar-refractivity contribution >= 4 is 12.0 Å². The van der Waals surface area contributed by atoms with Gasteiger partial charge >= 0.3 is 12.0 Å². The standard InChI is InChI=1S/C16H28N2O3/c1-16(14(19)20)9-10-18(12-16)15(21)17-11-13-7-5-3-2-4-6-8-13/h13H,2-12H2,1H3,(H,17,21)(H,19,20). The van der Waals surface area contributed by atoms with Gasteiger partial charge in [-0.15, -0.1) is 0 Å². The first-order chi connectivity index (χ1) is 10.0. The largest absolute Gasteiger partial charge is 0.481 e. The summed E-state index contributed by atoms with van der Waals surface area (Å²) in [5, 5.41) is 12.2. The molecule has 2 aliphatic rings. The number of carbonyl (C=O) groups is 2. The molecule has 1 unspecified atom stereocenters. The molecule has 0 aromatic carbocycles. The van der Waals surface area contributed by atoms with Crippen LogP contribution in [0.4, 0.5) is 4.79 Å². The predicted octanol–water partition coefficient (Wildman–Crippen LogP) is 2.85. The van der Waals surface area contributed by atoms with Gasteiger partial charge in [0.05, 0.1) is 5.41 Å². The Morgan fingerprint density at radius 2 is 1.81 bits per heavy atom. The van der Waals surface area contributed by atoms with Crippen molar-refractivity contribution in [3.63, 3.8) is 0 Å². The van der Waals surface area contributed by atoms with Gasteiger partial charge in [-0.1, -0.05) is 32.1 Å².